The molecule has 0 saturated carbocycles. The molecule has 7 heteroatoms. The Hall–Kier alpha value is -3.09. The number of carbonyl (C=O) groups is 1. The van der Waals surface area contributed by atoms with Crippen molar-refractivity contribution in [3.8, 4) is 0 Å². The van der Waals surface area contributed by atoms with Crippen molar-refractivity contribution in [1.29, 1.82) is 0 Å². The maximum atomic E-state index is 12.4. The number of amides is 1. The van der Waals surface area contributed by atoms with E-state index in [0.29, 0.717) is 17.5 Å². The summed E-state index contributed by atoms with van der Waals surface area (Å²) in [4.78, 5) is 17.1. The highest BCUT2D eigenvalue weighted by Gasteiger charge is 2.13. The van der Waals surface area contributed by atoms with Gasteiger partial charge in [0, 0.05) is 5.02 Å². The molecule has 4 aromatic rings. The number of carbonyl (C=O) groups excluding carboxylic acids is 1. The van der Waals surface area contributed by atoms with Crippen molar-refractivity contribution < 1.29 is 4.79 Å². The molecule has 1 aromatic heterocycles. The second-order valence-electron chi connectivity index (χ2n) is 8.00. The third-order valence-corrected chi connectivity index (χ3v) is 6.44. The lowest BCUT2D eigenvalue weighted by atomic mass is 10.0. The van der Waals surface area contributed by atoms with Crippen LogP contribution in [0.2, 0.25) is 5.02 Å². The maximum Gasteiger partial charge on any atom is 0.250 e. The van der Waals surface area contributed by atoms with Gasteiger partial charge in [-0.25, -0.2) is 10.4 Å². The molecule has 0 radical (unpaired) electrons. The molecule has 5 nitrogen and oxygen atoms in total. The molecule has 1 heterocycles. The van der Waals surface area contributed by atoms with E-state index in [-0.39, 0.29) is 11.7 Å². The fourth-order valence-corrected chi connectivity index (χ4v) is 4.33. The van der Waals surface area contributed by atoms with Crippen LogP contribution in [0.3, 0.4) is 0 Å². The van der Waals surface area contributed by atoms with Crippen LogP contribution in [-0.4, -0.2) is 27.4 Å². The first-order chi connectivity index (χ1) is 16.0. The number of hydrogen-bond donors (Lipinski definition) is 1. The first-order valence-corrected chi connectivity index (χ1v) is 12.1. The van der Waals surface area contributed by atoms with Crippen LogP contribution in [0, 0.1) is 0 Å². The van der Waals surface area contributed by atoms with E-state index >= 15 is 0 Å². The Balaban J connectivity index is 1.41. The molecule has 1 amide bonds. The number of fused-ring (bicyclic) bond motifs is 1. The van der Waals surface area contributed by atoms with Crippen molar-refractivity contribution >= 4 is 46.5 Å². The molecule has 0 unspecified atom stereocenters. The van der Waals surface area contributed by atoms with Crippen LogP contribution in [-0.2, 0) is 11.3 Å². The summed E-state index contributed by atoms with van der Waals surface area (Å²) in [7, 11) is 0. The minimum atomic E-state index is -0.180. The molecule has 0 fully saturated rings. The molecule has 0 aliphatic rings. The second-order valence-corrected chi connectivity index (χ2v) is 9.38. The predicted octanol–water partition coefficient (Wildman–Crippen LogP) is 6.10. The van der Waals surface area contributed by atoms with Crippen LogP contribution in [0.4, 0.5) is 0 Å². The van der Waals surface area contributed by atoms with E-state index in [0.717, 1.165) is 27.3 Å². The van der Waals surface area contributed by atoms with Crippen molar-refractivity contribution in [3.63, 3.8) is 0 Å². The SMILES string of the molecule is CC(C)c1ccc(/C=N/NC(=O)CSc2nc3ccccc3n2Cc2ccc(Cl)cc2)cc1. The molecule has 0 aliphatic heterocycles. The number of imidazole rings is 1. The molecule has 0 aliphatic carbocycles. The number of halogens is 1. The van der Waals surface area contributed by atoms with Gasteiger partial charge in [-0.05, 0) is 46.9 Å². The maximum absolute atomic E-state index is 12.4. The van der Waals surface area contributed by atoms with Gasteiger partial charge in [0.15, 0.2) is 5.16 Å². The van der Waals surface area contributed by atoms with Gasteiger partial charge in [0.25, 0.3) is 5.91 Å². The number of hydrazone groups is 1. The van der Waals surface area contributed by atoms with E-state index in [4.69, 9.17) is 16.6 Å². The number of thioether (sulfide) groups is 1. The molecule has 0 saturated heterocycles. The standard InChI is InChI=1S/C26H25ClN4OS/c1-18(2)21-11-7-19(8-12-21)15-28-30-25(32)17-33-26-29-23-5-3-4-6-24(23)31(26)16-20-9-13-22(27)14-10-20/h3-15,18H,16-17H2,1-2H3,(H,30,32)/b28-15+. The Bertz CT molecular complexity index is 1260. The first-order valence-electron chi connectivity index (χ1n) is 10.7. The average Bonchev–Trinajstić information content (AvgIpc) is 3.17. The number of hydrogen-bond acceptors (Lipinski definition) is 4. The molecule has 0 spiro atoms. The molecule has 33 heavy (non-hydrogen) atoms. The molecular weight excluding hydrogens is 452 g/mol. The largest absolute Gasteiger partial charge is 0.314 e. The molecule has 3 aromatic carbocycles. The fraction of sp³-hybridized carbons (Fsp3) is 0.192. The molecule has 0 bridgehead atoms. The third kappa shape index (κ3) is 6.03. The number of nitrogens with zero attached hydrogens (tertiary/aromatic N) is 3. The first kappa shape index (κ1) is 23.1. The van der Waals surface area contributed by atoms with Crippen LogP contribution < -0.4 is 5.43 Å². The molecule has 4 rings (SSSR count). The monoisotopic (exact) mass is 476 g/mol. The van der Waals surface area contributed by atoms with Gasteiger partial charge >= 0.3 is 0 Å². The quantitative estimate of drug-likeness (QED) is 0.190. The second kappa shape index (κ2) is 10.7. The van der Waals surface area contributed by atoms with Crippen LogP contribution in [0.15, 0.2) is 83.1 Å². The van der Waals surface area contributed by atoms with Gasteiger partial charge in [-0.2, -0.15) is 5.10 Å². The summed E-state index contributed by atoms with van der Waals surface area (Å²) in [5, 5.41) is 5.58. The summed E-state index contributed by atoms with van der Waals surface area (Å²) >= 11 is 7.42. The minimum absolute atomic E-state index is 0.180. The zero-order valence-corrected chi connectivity index (χ0v) is 20.1. The number of rotatable bonds is 8. The van der Waals surface area contributed by atoms with Crippen molar-refractivity contribution in [2.45, 2.75) is 31.5 Å². The van der Waals surface area contributed by atoms with Gasteiger partial charge in [0.05, 0.1) is 29.5 Å². The van der Waals surface area contributed by atoms with E-state index in [1.165, 1.54) is 17.3 Å². The Morgan fingerprint density at radius 3 is 2.55 bits per heavy atom. The summed E-state index contributed by atoms with van der Waals surface area (Å²) in [6, 6.07) is 23.9. The van der Waals surface area contributed by atoms with Crippen LogP contribution in [0.25, 0.3) is 11.0 Å². The number of para-hydroxylation sites is 2. The summed E-state index contributed by atoms with van der Waals surface area (Å²) in [6.07, 6.45) is 1.66. The molecular formula is C26H25ClN4OS. The van der Waals surface area contributed by atoms with E-state index in [1.54, 1.807) is 6.21 Å². The predicted molar refractivity (Wildman–Crippen MR) is 137 cm³/mol. The highest BCUT2D eigenvalue weighted by molar-refractivity contribution is 7.99. The number of nitrogens with one attached hydrogen (secondary N) is 1. The molecule has 0 atom stereocenters. The summed E-state index contributed by atoms with van der Waals surface area (Å²) in [6.45, 7) is 4.96. The third-order valence-electron chi connectivity index (χ3n) is 5.21. The van der Waals surface area contributed by atoms with Crippen molar-refractivity contribution in [2.75, 3.05) is 5.75 Å². The fourth-order valence-electron chi connectivity index (χ4n) is 3.40. The van der Waals surface area contributed by atoms with Crippen LogP contribution in [0.5, 0.6) is 0 Å². The summed E-state index contributed by atoms with van der Waals surface area (Å²) in [5.41, 5.74) is 7.86. The van der Waals surface area contributed by atoms with E-state index in [1.807, 2.05) is 60.7 Å². The number of aromatic nitrogens is 2. The zero-order chi connectivity index (χ0) is 23.2. The summed E-state index contributed by atoms with van der Waals surface area (Å²) in [5.74, 6) is 0.518. The Labute approximate surface area is 202 Å². The lowest BCUT2D eigenvalue weighted by Gasteiger charge is -2.09. The summed E-state index contributed by atoms with van der Waals surface area (Å²) < 4.78 is 2.12. The van der Waals surface area contributed by atoms with Crippen LogP contribution in [0.1, 0.15) is 36.5 Å². The van der Waals surface area contributed by atoms with Gasteiger partial charge in [-0.15, -0.1) is 0 Å². The molecule has 168 valence electrons. The highest BCUT2D eigenvalue weighted by Crippen LogP contribution is 2.25. The van der Waals surface area contributed by atoms with Gasteiger partial charge in [-0.3, -0.25) is 4.79 Å². The van der Waals surface area contributed by atoms with E-state index in [2.05, 4.69) is 41.1 Å². The van der Waals surface area contributed by atoms with Gasteiger partial charge < -0.3 is 4.57 Å². The van der Waals surface area contributed by atoms with Crippen molar-refractivity contribution in [3.05, 3.63) is 94.5 Å². The van der Waals surface area contributed by atoms with Gasteiger partial charge in [0.2, 0.25) is 0 Å². The highest BCUT2D eigenvalue weighted by atomic mass is 35.5. The topological polar surface area (TPSA) is 59.3 Å². The van der Waals surface area contributed by atoms with Crippen molar-refractivity contribution in [1.82, 2.24) is 15.0 Å². The Kier molecular flexibility index (Phi) is 7.47. The number of benzene rings is 3. The molecule has 1 N–H and O–H groups in total. The smallest absolute Gasteiger partial charge is 0.250 e. The van der Waals surface area contributed by atoms with Gasteiger partial charge in [-0.1, -0.05) is 85.7 Å². The van der Waals surface area contributed by atoms with Gasteiger partial charge in [0.1, 0.15) is 0 Å². The Morgan fingerprint density at radius 1 is 1.09 bits per heavy atom. The normalized spacial score (nSPS) is 11.5. The zero-order valence-electron chi connectivity index (χ0n) is 18.5. The van der Waals surface area contributed by atoms with Crippen molar-refractivity contribution in [2.24, 2.45) is 5.10 Å². The van der Waals surface area contributed by atoms with Crippen LogP contribution >= 0.6 is 23.4 Å². The average molecular weight is 477 g/mol. The Morgan fingerprint density at radius 2 is 1.82 bits per heavy atom. The van der Waals surface area contributed by atoms with E-state index < -0.39 is 0 Å². The minimum Gasteiger partial charge on any atom is -0.314 e. The lowest BCUT2D eigenvalue weighted by molar-refractivity contribution is -0.118. The lowest BCUT2D eigenvalue weighted by Crippen LogP contribution is -2.20. The van der Waals surface area contributed by atoms with E-state index in [9.17, 15) is 4.79 Å².